The van der Waals surface area contributed by atoms with Gasteiger partial charge in [-0.2, -0.15) is 0 Å². The van der Waals surface area contributed by atoms with Crippen LogP contribution in [0.2, 0.25) is 10.0 Å². The predicted octanol–water partition coefficient (Wildman–Crippen LogP) is 4.60. The average molecular weight is 349 g/mol. The molecule has 0 heterocycles. The van der Waals surface area contributed by atoms with Gasteiger partial charge in [0.15, 0.2) is 0 Å². The maximum Gasteiger partial charge on any atom is 0.248 e. The van der Waals surface area contributed by atoms with Gasteiger partial charge in [-0.1, -0.05) is 41.4 Å². The number of halogens is 2. The van der Waals surface area contributed by atoms with Crippen LogP contribution in [0.5, 0.6) is 0 Å². The first-order chi connectivity index (χ1) is 11.0. The van der Waals surface area contributed by atoms with Gasteiger partial charge in [0.25, 0.3) is 0 Å². The SMILES string of the molecule is CC(=O)Nc1cccc(NC(=O)/C=C/c2cccc(Cl)c2Cl)c1. The number of amides is 2. The van der Waals surface area contributed by atoms with Crippen molar-refractivity contribution in [3.05, 3.63) is 64.1 Å². The molecule has 0 aliphatic rings. The van der Waals surface area contributed by atoms with Crippen molar-refractivity contribution >= 4 is 52.5 Å². The zero-order valence-corrected chi connectivity index (χ0v) is 13.8. The van der Waals surface area contributed by atoms with E-state index < -0.39 is 0 Å². The van der Waals surface area contributed by atoms with E-state index in [1.807, 2.05) is 0 Å². The van der Waals surface area contributed by atoms with Gasteiger partial charge >= 0.3 is 0 Å². The van der Waals surface area contributed by atoms with Crippen molar-refractivity contribution in [1.82, 2.24) is 0 Å². The molecule has 0 saturated carbocycles. The number of nitrogens with one attached hydrogen (secondary N) is 2. The van der Waals surface area contributed by atoms with Crippen molar-refractivity contribution in [2.75, 3.05) is 10.6 Å². The lowest BCUT2D eigenvalue weighted by Crippen LogP contribution is -2.09. The first-order valence-corrected chi connectivity index (χ1v) is 7.52. The fourth-order valence-electron chi connectivity index (χ4n) is 1.88. The van der Waals surface area contributed by atoms with Crippen LogP contribution < -0.4 is 10.6 Å². The van der Waals surface area contributed by atoms with Gasteiger partial charge in [0.1, 0.15) is 0 Å². The molecule has 2 rings (SSSR count). The van der Waals surface area contributed by atoms with Crippen molar-refractivity contribution in [2.45, 2.75) is 6.92 Å². The Morgan fingerprint density at radius 1 is 1.00 bits per heavy atom. The second-order valence-electron chi connectivity index (χ2n) is 4.73. The van der Waals surface area contributed by atoms with Crippen molar-refractivity contribution < 1.29 is 9.59 Å². The van der Waals surface area contributed by atoms with E-state index in [1.165, 1.54) is 13.0 Å². The topological polar surface area (TPSA) is 58.2 Å². The maximum atomic E-state index is 12.0. The molecule has 0 saturated heterocycles. The third kappa shape index (κ3) is 5.13. The number of carbonyl (C=O) groups excluding carboxylic acids is 2. The summed E-state index contributed by atoms with van der Waals surface area (Å²) >= 11 is 12.0. The number of rotatable bonds is 4. The summed E-state index contributed by atoms with van der Waals surface area (Å²) in [6.45, 7) is 1.42. The van der Waals surface area contributed by atoms with E-state index in [9.17, 15) is 9.59 Å². The quantitative estimate of drug-likeness (QED) is 0.793. The highest BCUT2D eigenvalue weighted by Crippen LogP contribution is 2.26. The molecule has 0 aliphatic heterocycles. The lowest BCUT2D eigenvalue weighted by Gasteiger charge is -2.06. The number of benzene rings is 2. The van der Waals surface area contributed by atoms with Gasteiger partial charge in [0.05, 0.1) is 10.0 Å². The van der Waals surface area contributed by atoms with E-state index in [1.54, 1.807) is 48.5 Å². The summed E-state index contributed by atoms with van der Waals surface area (Å²) in [6.07, 6.45) is 2.95. The van der Waals surface area contributed by atoms with Crippen LogP contribution in [-0.2, 0) is 9.59 Å². The standard InChI is InChI=1S/C17H14Cl2N2O2/c1-11(22)20-13-5-3-6-14(10-13)21-16(23)9-8-12-4-2-7-15(18)17(12)19/h2-10H,1H3,(H,20,22)(H,21,23)/b9-8+. The van der Waals surface area contributed by atoms with Crippen LogP contribution in [0.15, 0.2) is 48.5 Å². The fourth-order valence-corrected chi connectivity index (χ4v) is 2.25. The van der Waals surface area contributed by atoms with Gasteiger partial charge < -0.3 is 10.6 Å². The number of anilines is 2. The Morgan fingerprint density at radius 3 is 2.35 bits per heavy atom. The van der Waals surface area contributed by atoms with Gasteiger partial charge in [0, 0.05) is 24.4 Å². The highest BCUT2D eigenvalue weighted by Gasteiger charge is 2.03. The summed E-state index contributed by atoms with van der Waals surface area (Å²) in [4.78, 5) is 23.0. The number of hydrogen-bond acceptors (Lipinski definition) is 2. The van der Waals surface area contributed by atoms with E-state index in [-0.39, 0.29) is 11.8 Å². The first kappa shape index (κ1) is 17.1. The average Bonchev–Trinajstić information content (AvgIpc) is 2.48. The second-order valence-corrected chi connectivity index (χ2v) is 5.51. The Bertz CT molecular complexity index is 773. The maximum absolute atomic E-state index is 12.0. The molecule has 2 N–H and O–H groups in total. The molecule has 118 valence electrons. The van der Waals surface area contributed by atoms with Gasteiger partial charge in [0.2, 0.25) is 11.8 Å². The van der Waals surface area contributed by atoms with Gasteiger partial charge in [-0.15, -0.1) is 0 Å². The summed E-state index contributed by atoms with van der Waals surface area (Å²) in [7, 11) is 0. The molecule has 0 aliphatic carbocycles. The molecule has 0 bridgehead atoms. The Labute approximate surface area is 144 Å². The molecule has 0 spiro atoms. The van der Waals surface area contributed by atoms with Gasteiger partial charge in [-0.05, 0) is 35.9 Å². The third-order valence-electron chi connectivity index (χ3n) is 2.85. The van der Waals surface area contributed by atoms with Crippen LogP contribution in [-0.4, -0.2) is 11.8 Å². The van der Waals surface area contributed by atoms with Crippen LogP contribution in [0.1, 0.15) is 12.5 Å². The van der Waals surface area contributed by atoms with E-state index in [0.29, 0.717) is 27.0 Å². The second kappa shape index (κ2) is 7.81. The normalized spacial score (nSPS) is 10.6. The molecule has 23 heavy (non-hydrogen) atoms. The summed E-state index contributed by atoms with van der Waals surface area (Å²) in [5, 5.41) is 6.18. The number of carbonyl (C=O) groups is 2. The number of hydrogen-bond donors (Lipinski definition) is 2. The minimum Gasteiger partial charge on any atom is -0.326 e. The lowest BCUT2D eigenvalue weighted by atomic mass is 10.2. The molecule has 2 amide bonds. The Kier molecular flexibility index (Phi) is 5.79. The highest BCUT2D eigenvalue weighted by molar-refractivity contribution is 6.42. The molecule has 0 fully saturated rings. The highest BCUT2D eigenvalue weighted by atomic mass is 35.5. The molecule has 2 aromatic rings. The van der Waals surface area contributed by atoms with Gasteiger partial charge in [-0.3, -0.25) is 9.59 Å². The molecule has 2 aromatic carbocycles. The molecular formula is C17H14Cl2N2O2. The fraction of sp³-hybridized carbons (Fsp3) is 0.0588. The van der Waals surface area contributed by atoms with Crippen LogP contribution in [0.3, 0.4) is 0 Å². The Hall–Kier alpha value is -2.30. The monoisotopic (exact) mass is 348 g/mol. The van der Waals surface area contributed by atoms with Crippen molar-refractivity contribution in [1.29, 1.82) is 0 Å². The van der Waals surface area contributed by atoms with Crippen molar-refractivity contribution in [3.8, 4) is 0 Å². The van der Waals surface area contributed by atoms with Crippen LogP contribution >= 0.6 is 23.2 Å². The summed E-state index contributed by atoms with van der Waals surface area (Å²) in [5.41, 5.74) is 1.83. The minimum absolute atomic E-state index is 0.177. The first-order valence-electron chi connectivity index (χ1n) is 6.76. The minimum atomic E-state index is -0.319. The zero-order chi connectivity index (χ0) is 16.8. The third-order valence-corrected chi connectivity index (χ3v) is 3.68. The molecular weight excluding hydrogens is 335 g/mol. The van der Waals surface area contributed by atoms with Gasteiger partial charge in [-0.25, -0.2) is 0 Å². The van der Waals surface area contributed by atoms with E-state index in [0.717, 1.165) is 0 Å². The molecule has 4 nitrogen and oxygen atoms in total. The van der Waals surface area contributed by atoms with E-state index in [2.05, 4.69) is 10.6 Å². The lowest BCUT2D eigenvalue weighted by molar-refractivity contribution is -0.114. The van der Waals surface area contributed by atoms with Crippen LogP contribution in [0.25, 0.3) is 6.08 Å². The molecule has 0 atom stereocenters. The molecule has 0 unspecified atom stereocenters. The smallest absolute Gasteiger partial charge is 0.248 e. The summed E-state index contributed by atoms with van der Waals surface area (Å²) < 4.78 is 0. The van der Waals surface area contributed by atoms with Crippen LogP contribution in [0.4, 0.5) is 11.4 Å². The molecule has 0 radical (unpaired) electrons. The Morgan fingerprint density at radius 2 is 1.65 bits per heavy atom. The molecule has 6 heteroatoms. The van der Waals surface area contributed by atoms with E-state index in [4.69, 9.17) is 23.2 Å². The summed E-state index contributed by atoms with van der Waals surface area (Å²) in [5.74, 6) is -0.495. The zero-order valence-electron chi connectivity index (χ0n) is 12.3. The summed E-state index contributed by atoms with van der Waals surface area (Å²) in [6, 6.07) is 12.0. The Balaban J connectivity index is 2.06. The van der Waals surface area contributed by atoms with Crippen molar-refractivity contribution in [3.63, 3.8) is 0 Å². The van der Waals surface area contributed by atoms with Crippen LogP contribution in [0, 0.1) is 0 Å². The molecule has 0 aromatic heterocycles. The predicted molar refractivity (Wildman–Crippen MR) is 94.9 cm³/mol. The largest absolute Gasteiger partial charge is 0.326 e. The van der Waals surface area contributed by atoms with Crippen molar-refractivity contribution in [2.24, 2.45) is 0 Å². The van der Waals surface area contributed by atoms with E-state index >= 15 is 0 Å².